The zero-order valence-corrected chi connectivity index (χ0v) is 24.4. The second-order valence-corrected chi connectivity index (χ2v) is 14.7. The van der Waals surface area contributed by atoms with Gasteiger partial charge in [-0.05, 0) is 107 Å². The van der Waals surface area contributed by atoms with Crippen molar-refractivity contribution < 1.29 is 29.0 Å². The SMILES string of the molecule is COC(=O)C(C)(C)[C@@H]1CC[C@]2(C)[C@@H]3[C@@H](C[C@@H]4[C@@H](/C(C)=C/C(=O)CC(C)(C)O)CC[C@]42C)OC(=O)C[C@]31C. The number of esters is 2. The van der Waals surface area contributed by atoms with Crippen LogP contribution >= 0.6 is 0 Å². The van der Waals surface area contributed by atoms with Gasteiger partial charge in [-0.1, -0.05) is 26.3 Å². The minimum atomic E-state index is -1.03. The highest BCUT2D eigenvalue weighted by Gasteiger charge is 2.72. The molecule has 1 saturated heterocycles. The average Bonchev–Trinajstić information content (AvgIpc) is 3.09. The van der Waals surface area contributed by atoms with Crippen LogP contribution in [0.4, 0.5) is 0 Å². The molecule has 1 N–H and O–H groups in total. The normalized spacial score (nSPS) is 41.9. The van der Waals surface area contributed by atoms with E-state index in [-0.39, 0.29) is 64.2 Å². The summed E-state index contributed by atoms with van der Waals surface area (Å²) in [4.78, 5) is 38.7. The number of hydrogen-bond acceptors (Lipinski definition) is 6. The van der Waals surface area contributed by atoms with E-state index in [9.17, 15) is 19.5 Å². The van der Waals surface area contributed by atoms with Crippen LogP contribution in [0.25, 0.3) is 0 Å². The van der Waals surface area contributed by atoms with Crippen molar-refractivity contribution in [3.8, 4) is 0 Å². The van der Waals surface area contributed by atoms with Crippen LogP contribution in [-0.2, 0) is 23.9 Å². The highest BCUT2D eigenvalue weighted by atomic mass is 16.5. The fraction of sp³-hybridized carbons (Fsp3) is 0.839. The molecule has 0 amide bonds. The number of ether oxygens (including phenoxy) is 2. The molecule has 3 aliphatic carbocycles. The lowest BCUT2D eigenvalue weighted by Crippen LogP contribution is -2.68. The molecule has 1 heterocycles. The van der Waals surface area contributed by atoms with Gasteiger partial charge in [-0.3, -0.25) is 14.4 Å². The zero-order valence-electron chi connectivity index (χ0n) is 24.4. The van der Waals surface area contributed by atoms with E-state index in [4.69, 9.17) is 9.47 Å². The van der Waals surface area contributed by atoms with Crippen LogP contribution < -0.4 is 0 Å². The van der Waals surface area contributed by atoms with Gasteiger partial charge in [-0.25, -0.2) is 0 Å². The number of aliphatic hydroxyl groups is 1. The third-order valence-electron chi connectivity index (χ3n) is 11.6. The summed E-state index contributed by atoms with van der Waals surface area (Å²) in [5.74, 6) is 0.344. The number of carbonyl (C=O) groups excluding carboxylic acids is 3. The van der Waals surface area contributed by atoms with Crippen molar-refractivity contribution in [3.63, 3.8) is 0 Å². The Morgan fingerprint density at radius 3 is 2.32 bits per heavy atom. The topological polar surface area (TPSA) is 89.9 Å². The van der Waals surface area contributed by atoms with E-state index < -0.39 is 11.0 Å². The second-order valence-electron chi connectivity index (χ2n) is 14.7. The van der Waals surface area contributed by atoms with Gasteiger partial charge in [0, 0.05) is 12.3 Å². The lowest BCUT2D eigenvalue weighted by atomic mass is 9.36. The molecule has 8 atom stereocenters. The summed E-state index contributed by atoms with van der Waals surface area (Å²) in [6.45, 7) is 16.4. The maximum Gasteiger partial charge on any atom is 0.311 e. The van der Waals surface area contributed by atoms with Gasteiger partial charge in [0.15, 0.2) is 5.78 Å². The van der Waals surface area contributed by atoms with Gasteiger partial charge >= 0.3 is 11.9 Å². The lowest BCUT2D eigenvalue weighted by molar-refractivity contribution is -0.259. The molecule has 0 aromatic carbocycles. The van der Waals surface area contributed by atoms with Crippen molar-refractivity contribution in [3.05, 3.63) is 11.6 Å². The smallest absolute Gasteiger partial charge is 0.311 e. The molecule has 0 bridgehead atoms. The minimum Gasteiger partial charge on any atom is -0.469 e. The summed E-state index contributed by atoms with van der Waals surface area (Å²) in [5.41, 5.74) is -1.01. The first-order chi connectivity index (χ1) is 16.9. The Labute approximate surface area is 222 Å². The third kappa shape index (κ3) is 4.30. The van der Waals surface area contributed by atoms with Crippen molar-refractivity contribution in [2.75, 3.05) is 7.11 Å². The number of carbonyl (C=O) groups is 3. The van der Waals surface area contributed by atoms with Crippen LogP contribution in [0.3, 0.4) is 0 Å². The number of allylic oxidation sites excluding steroid dienone is 2. The molecule has 208 valence electrons. The monoisotopic (exact) mass is 516 g/mol. The van der Waals surface area contributed by atoms with Crippen molar-refractivity contribution >= 4 is 17.7 Å². The van der Waals surface area contributed by atoms with Gasteiger partial charge in [0.25, 0.3) is 0 Å². The van der Waals surface area contributed by atoms with Gasteiger partial charge in [0.05, 0.1) is 24.5 Å². The summed E-state index contributed by atoms with van der Waals surface area (Å²) >= 11 is 0. The second kappa shape index (κ2) is 8.93. The Hall–Kier alpha value is -1.69. The first-order valence-electron chi connectivity index (χ1n) is 14.1. The predicted octanol–water partition coefficient (Wildman–Crippen LogP) is 5.65. The lowest BCUT2D eigenvalue weighted by Gasteiger charge is -2.70. The van der Waals surface area contributed by atoms with Crippen LogP contribution in [-0.4, -0.2) is 41.6 Å². The molecule has 4 fully saturated rings. The first kappa shape index (κ1) is 28.3. The van der Waals surface area contributed by atoms with E-state index in [1.54, 1.807) is 19.9 Å². The number of hydrogen-bond donors (Lipinski definition) is 1. The standard InChI is InChI=1S/C31H48O6/c1-18(14-19(32)16-27(2,3)35)20-10-12-30(7)21(20)15-22-25-29(6,17-24(33)37-22)23(11-13-31(25,30)8)28(4,5)26(34)36-9/h14,20-23,25,35H,10-13,15-17H2,1-9H3/b18-14+/t20-,21-,22-,23+,25-,29+,30-,31-/m1/s1. The van der Waals surface area contributed by atoms with Crippen molar-refractivity contribution in [2.24, 2.45) is 45.3 Å². The molecule has 4 rings (SSSR count). The quantitative estimate of drug-likeness (QED) is 0.362. The van der Waals surface area contributed by atoms with Crippen molar-refractivity contribution in [1.82, 2.24) is 0 Å². The molecule has 0 unspecified atom stereocenters. The number of fused-ring (bicyclic) bond motifs is 2. The maximum absolute atomic E-state index is 13.1. The number of rotatable bonds is 6. The first-order valence-corrected chi connectivity index (χ1v) is 14.1. The Morgan fingerprint density at radius 2 is 1.73 bits per heavy atom. The van der Waals surface area contributed by atoms with E-state index in [1.165, 1.54) is 7.11 Å². The number of methoxy groups -OCH3 is 1. The van der Waals surface area contributed by atoms with Gasteiger partial charge in [0.2, 0.25) is 0 Å². The van der Waals surface area contributed by atoms with Crippen LogP contribution in [0, 0.1) is 45.3 Å². The maximum atomic E-state index is 13.1. The fourth-order valence-corrected chi connectivity index (χ4v) is 10.0. The zero-order chi connectivity index (χ0) is 27.8. The molecule has 4 aliphatic rings. The molecular weight excluding hydrogens is 468 g/mol. The van der Waals surface area contributed by atoms with Crippen LogP contribution in [0.2, 0.25) is 0 Å². The summed E-state index contributed by atoms with van der Waals surface area (Å²) < 4.78 is 11.4. The Morgan fingerprint density at radius 1 is 1.11 bits per heavy atom. The van der Waals surface area contributed by atoms with Gasteiger partial charge < -0.3 is 14.6 Å². The van der Waals surface area contributed by atoms with E-state index in [2.05, 4.69) is 27.7 Å². The molecule has 1 aliphatic heterocycles. The highest BCUT2D eigenvalue weighted by Crippen LogP contribution is 2.75. The minimum absolute atomic E-state index is 0.0271. The highest BCUT2D eigenvalue weighted by molar-refractivity contribution is 5.91. The molecule has 0 aromatic heterocycles. The summed E-state index contributed by atoms with van der Waals surface area (Å²) in [7, 11) is 1.45. The Kier molecular flexibility index (Phi) is 6.83. The van der Waals surface area contributed by atoms with E-state index in [0.29, 0.717) is 12.3 Å². The Balaban J connectivity index is 1.72. The van der Waals surface area contributed by atoms with E-state index >= 15 is 0 Å². The van der Waals surface area contributed by atoms with Crippen molar-refractivity contribution in [1.29, 1.82) is 0 Å². The van der Waals surface area contributed by atoms with Gasteiger partial charge in [-0.15, -0.1) is 0 Å². The molecule has 37 heavy (non-hydrogen) atoms. The van der Waals surface area contributed by atoms with Gasteiger partial charge in [-0.2, -0.15) is 0 Å². The van der Waals surface area contributed by atoms with Crippen LogP contribution in [0.15, 0.2) is 11.6 Å². The third-order valence-corrected chi connectivity index (χ3v) is 11.6. The average molecular weight is 517 g/mol. The molecular formula is C31H48O6. The molecule has 0 radical (unpaired) electrons. The van der Waals surface area contributed by atoms with Crippen LogP contribution in [0.5, 0.6) is 0 Å². The molecule has 0 aromatic rings. The van der Waals surface area contributed by atoms with Gasteiger partial charge in [0.1, 0.15) is 6.10 Å². The van der Waals surface area contributed by atoms with Crippen LogP contribution in [0.1, 0.15) is 100 Å². The Bertz CT molecular complexity index is 1000. The molecule has 0 spiro atoms. The summed E-state index contributed by atoms with van der Waals surface area (Å²) in [5, 5.41) is 10.1. The predicted molar refractivity (Wildman–Crippen MR) is 141 cm³/mol. The fourth-order valence-electron chi connectivity index (χ4n) is 10.0. The molecule has 6 nitrogen and oxygen atoms in total. The van der Waals surface area contributed by atoms with E-state index in [1.807, 2.05) is 13.8 Å². The molecule has 6 heteroatoms. The molecule has 3 saturated carbocycles. The summed E-state index contributed by atoms with van der Waals surface area (Å²) in [6, 6.07) is 0. The largest absolute Gasteiger partial charge is 0.469 e. The number of ketones is 1. The van der Waals surface area contributed by atoms with Crippen molar-refractivity contribution in [2.45, 2.75) is 112 Å². The van der Waals surface area contributed by atoms with E-state index in [0.717, 1.165) is 37.7 Å². The summed E-state index contributed by atoms with van der Waals surface area (Å²) in [6.07, 6.45) is 6.72.